The number of benzene rings is 22. The van der Waals surface area contributed by atoms with Gasteiger partial charge < -0.3 is 9.13 Å². The highest BCUT2D eigenvalue weighted by Gasteiger charge is 2.25. The van der Waals surface area contributed by atoms with E-state index in [1.54, 1.807) is 0 Å². The summed E-state index contributed by atoms with van der Waals surface area (Å²) in [7, 11) is 0. The van der Waals surface area contributed by atoms with Crippen molar-refractivity contribution in [3.63, 3.8) is 0 Å². The molecule has 22 aromatic carbocycles. The van der Waals surface area contributed by atoms with Gasteiger partial charge in [-0.1, -0.05) is 376 Å². The monoisotopic (exact) mass is 1770 g/mol. The smallest absolute Gasteiger partial charge is 0.145 e. The van der Waals surface area contributed by atoms with Gasteiger partial charge in [-0.05, 0) is 203 Å². The summed E-state index contributed by atoms with van der Waals surface area (Å²) in [6.45, 7) is 6.09. The Morgan fingerprint density at radius 1 is 0.158 bits per heavy atom. The predicted molar refractivity (Wildman–Crippen MR) is 584 cm³/mol. The van der Waals surface area contributed by atoms with Crippen molar-refractivity contribution in [3.8, 4) is 107 Å². The maximum Gasteiger partial charge on any atom is 0.145 e. The van der Waals surface area contributed by atoms with Crippen LogP contribution in [-0.2, 0) is 13.1 Å². The summed E-state index contributed by atoms with van der Waals surface area (Å²) in [5, 5.41) is 25.9. The number of hydrogen-bond donors (Lipinski definition) is 0. The average molecular weight is 1780 g/mol. The second kappa shape index (κ2) is 34.1. The number of imidazole rings is 3. The van der Waals surface area contributed by atoms with E-state index in [1.807, 2.05) is 18.2 Å². The molecule has 139 heavy (non-hydrogen) atoms. The number of aryl methyl sites for hydroxylation is 2. The van der Waals surface area contributed by atoms with Gasteiger partial charge in [0.25, 0.3) is 0 Å². The van der Waals surface area contributed by atoms with E-state index in [-0.39, 0.29) is 0 Å². The Morgan fingerprint density at radius 2 is 0.396 bits per heavy atom. The molecule has 9 nitrogen and oxygen atoms in total. The minimum absolute atomic E-state index is 0.860. The molecule has 0 aliphatic rings. The minimum Gasteiger partial charge on any atom is -0.324 e. The lowest BCUT2D eigenvalue weighted by atomic mass is 9.89. The lowest BCUT2D eigenvalue weighted by Crippen LogP contribution is -1.97. The lowest BCUT2D eigenvalue weighted by molar-refractivity contribution is 0.796. The molecule has 0 N–H and O–H groups in total. The summed E-state index contributed by atoms with van der Waals surface area (Å²) < 4.78 is 6.84. The van der Waals surface area contributed by atoms with E-state index >= 15 is 0 Å². The fourth-order valence-electron chi connectivity index (χ4n) is 21.8. The van der Waals surface area contributed by atoms with Gasteiger partial charge in [0.05, 0.1) is 66.7 Å². The number of fused-ring (bicyclic) bond motifs is 27. The van der Waals surface area contributed by atoms with Crippen LogP contribution in [0, 0.1) is 0 Å². The van der Waals surface area contributed by atoms with E-state index in [0.29, 0.717) is 0 Å². The first-order valence-corrected chi connectivity index (χ1v) is 47.8. The molecular weight excluding hydrogens is 1690 g/mol. The van der Waals surface area contributed by atoms with Crippen LogP contribution in [-0.4, -0.2) is 43.6 Å². The Labute approximate surface area is 801 Å². The molecule has 0 bridgehead atoms. The molecule has 6 aromatic heterocycles. The van der Waals surface area contributed by atoms with Gasteiger partial charge in [-0.15, -0.1) is 0 Å². The van der Waals surface area contributed by atoms with Crippen LogP contribution in [0.2, 0.25) is 0 Å². The van der Waals surface area contributed by atoms with Crippen LogP contribution in [0.3, 0.4) is 0 Å². The molecule has 0 amide bonds. The Hall–Kier alpha value is -18.2. The maximum absolute atomic E-state index is 5.37. The first-order chi connectivity index (χ1) is 68.9. The standard InChI is InChI=1S/C46H29N3.2C42H29N3/c1-2-13-31(14-3-1)46-48-41-23-10-11-24-42(41)49(46)34-27-25-30(26-28-34)32-15-12-16-33(29-32)45-44-38-20-7-5-18-36(38)35-17-4-6-19-37(35)43(44)39-21-8-9-22-40(39)47-45;1-2-45-38-24-10-9-23-37(38)44-42(45)30-16-12-14-28(26-30)27-13-11-15-29(25-27)41-40-34-20-6-4-18-32(34)31-17-3-5-19-33(31)39(40)35-21-7-8-22-36(35)43-41;1-2-45-38-21-10-9-20-37(38)44-42(45)28-24-22-27(23-25-28)29-12-11-13-30(26-29)41-40-34-17-6-4-15-32(34)31-14-3-5-16-33(31)39(40)35-18-7-8-19-36(35)43-41/h1-29H;2*3-26H,2H2,1H3. The number of nitrogens with zero attached hydrogens (tertiary/aromatic N) is 9. The topological polar surface area (TPSA) is 92.1 Å². The first-order valence-electron chi connectivity index (χ1n) is 47.8. The fraction of sp³-hybridized carbons (Fsp3) is 0.0308. The van der Waals surface area contributed by atoms with E-state index in [0.717, 1.165) is 159 Å². The summed E-state index contributed by atoms with van der Waals surface area (Å²) in [5.74, 6) is 2.94. The van der Waals surface area contributed by atoms with Crippen LogP contribution in [0.1, 0.15) is 13.8 Å². The third-order valence-corrected chi connectivity index (χ3v) is 28.1. The number of pyridine rings is 3. The number of aromatic nitrogens is 9. The third kappa shape index (κ3) is 13.9. The largest absolute Gasteiger partial charge is 0.324 e. The summed E-state index contributed by atoms with van der Waals surface area (Å²) in [6.07, 6.45) is 0. The zero-order valence-corrected chi connectivity index (χ0v) is 76.4. The van der Waals surface area contributed by atoms with Gasteiger partial charge in [0.15, 0.2) is 0 Å². The van der Waals surface area contributed by atoms with Crippen molar-refractivity contribution in [1.29, 1.82) is 0 Å². The van der Waals surface area contributed by atoms with Gasteiger partial charge >= 0.3 is 0 Å². The average Bonchev–Trinajstić information content (AvgIpc) is 0.898. The summed E-state index contributed by atoms with van der Waals surface area (Å²) >= 11 is 0. The van der Waals surface area contributed by atoms with E-state index in [9.17, 15) is 0 Å². The van der Waals surface area contributed by atoms with E-state index < -0.39 is 0 Å². The molecule has 28 aromatic rings. The van der Waals surface area contributed by atoms with Crippen LogP contribution in [0.15, 0.2) is 467 Å². The molecule has 0 radical (unpaired) electrons. The molecule has 0 atom stereocenters. The molecule has 6 heterocycles. The Bertz CT molecular complexity index is 9820. The Kier molecular flexibility index (Phi) is 20.0. The van der Waals surface area contributed by atoms with Gasteiger partial charge in [-0.25, -0.2) is 29.9 Å². The first kappa shape index (κ1) is 81.6. The van der Waals surface area contributed by atoms with Crippen LogP contribution < -0.4 is 0 Å². The summed E-state index contributed by atoms with van der Waals surface area (Å²) in [6, 6.07) is 167. The molecule has 0 saturated heterocycles. The van der Waals surface area contributed by atoms with Crippen LogP contribution in [0.25, 0.3) is 270 Å². The molecule has 0 unspecified atom stereocenters. The molecule has 9 heteroatoms. The van der Waals surface area contributed by atoms with Crippen molar-refractivity contribution in [2.24, 2.45) is 0 Å². The van der Waals surface area contributed by atoms with Crippen LogP contribution in [0.4, 0.5) is 0 Å². The predicted octanol–water partition coefficient (Wildman–Crippen LogP) is 34.2. The molecule has 0 aliphatic heterocycles. The zero-order valence-electron chi connectivity index (χ0n) is 76.4. The van der Waals surface area contributed by atoms with Crippen molar-refractivity contribution in [2.75, 3.05) is 0 Å². The highest BCUT2D eigenvalue weighted by atomic mass is 15.1. The summed E-state index contributed by atoms with van der Waals surface area (Å²) in [5.41, 5.74) is 27.2. The van der Waals surface area contributed by atoms with Gasteiger partial charge in [-0.3, -0.25) is 4.57 Å². The fourth-order valence-corrected chi connectivity index (χ4v) is 21.8. The highest BCUT2D eigenvalue weighted by molar-refractivity contribution is 6.37. The molecule has 28 rings (SSSR count). The number of para-hydroxylation sites is 9. The van der Waals surface area contributed by atoms with Crippen molar-refractivity contribution >= 4 is 163 Å². The quantitative estimate of drug-likeness (QED) is 0.113. The summed E-state index contributed by atoms with van der Waals surface area (Å²) in [4.78, 5) is 31.1. The SMILES string of the molecule is CCn1c(-c2ccc(-c3cccc(-c4nc5ccccc5c5c6ccccc6c6ccccc6c45)c3)cc2)nc2ccccc21.CCn1c(-c2cccc(-c3cccc(-c4nc5ccccc5c5c6ccccc6c6ccccc6c45)c3)c2)nc2ccccc21.c1ccc(-c2nc3ccccc3n2-c2ccc(-c3cccc(-c4nc5ccccc5c5c6ccccc6c6ccccc6c45)c3)cc2)cc1. The highest BCUT2D eigenvalue weighted by Crippen LogP contribution is 2.49. The van der Waals surface area contributed by atoms with E-state index in [1.165, 1.54) is 124 Å². The molecule has 0 aliphatic carbocycles. The van der Waals surface area contributed by atoms with E-state index in [4.69, 9.17) is 29.9 Å². The van der Waals surface area contributed by atoms with Crippen LogP contribution >= 0.6 is 0 Å². The Balaban J connectivity index is 0.000000108. The van der Waals surface area contributed by atoms with Gasteiger partial charge in [0.1, 0.15) is 17.5 Å². The number of rotatable bonds is 12. The molecule has 652 valence electrons. The second-order valence-electron chi connectivity index (χ2n) is 35.9. The van der Waals surface area contributed by atoms with Crippen molar-refractivity contribution in [2.45, 2.75) is 26.9 Å². The van der Waals surface area contributed by atoms with E-state index in [2.05, 4.69) is 476 Å². The van der Waals surface area contributed by atoms with Crippen molar-refractivity contribution in [3.05, 3.63) is 467 Å². The second-order valence-corrected chi connectivity index (χ2v) is 35.9. The zero-order chi connectivity index (χ0) is 92.1. The number of hydrogen-bond acceptors (Lipinski definition) is 6. The maximum atomic E-state index is 5.37. The lowest BCUT2D eigenvalue weighted by Gasteiger charge is -2.16. The molecule has 0 spiro atoms. The van der Waals surface area contributed by atoms with Gasteiger partial charge in [0.2, 0.25) is 0 Å². The normalized spacial score (nSPS) is 11.7. The van der Waals surface area contributed by atoms with Gasteiger partial charge in [0, 0.05) is 101 Å². The third-order valence-electron chi connectivity index (χ3n) is 28.1. The molecular formula is C130H87N9. The molecule has 0 saturated carbocycles. The van der Waals surface area contributed by atoms with Crippen molar-refractivity contribution in [1.82, 2.24) is 43.6 Å². The van der Waals surface area contributed by atoms with Crippen LogP contribution in [0.5, 0.6) is 0 Å². The van der Waals surface area contributed by atoms with Gasteiger partial charge in [-0.2, -0.15) is 0 Å². The van der Waals surface area contributed by atoms with Crippen molar-refractivity contribution < 1.29 is 0 Å². The molecule has 0 fully saturated rings. The minimum atomic E-state index is 0.860. The Morgan fingerprint density at radius 3 is 0.763 bits per heavy atom.